The molecule has 3 rings (SSSR count). The summed E-state index contributed by atoms with van der Waals surface area (Å²) >= 11 is 1.56. The Balaban J connectivity index is 1.73. The van der Waals surface area contributed by atoms with Gasteiger partial charge in [-0.05, 0) is 38.8 Å². The summed E-state index contributed by atoms with van der Waals surface area (Å²) in [7, 11) is 0. The van der Waals surface area contributed by atoms with Crippen LogP contribution in [0.25, 0.3) is 10.6 Å². The number of likely N-dealkylation sites (tertiary alicyclic amines) is 1. The molecular formula is C20H25N3O2S. The van der Waals surface area contributed by atoms with E-state index in [-0.39, 0.29) is 17.7 Å². The Kier molecular flexibility index (Phi) is 6.04. The number of amides is 2. The number of thiazole rings is 1. The lowest BCUT2D eigenvalue weighted by atomic mass is 9.95. The maximum atomic E-state index is 13.0. The van der Waals surface area contributed by atoms with Crippen LogP contribution in [0.1, 0.15) is 37.0 Å². The number of hydrogen-bond donors (Lipinski definition) is 0. The minimum Gasteiger partial charge on any atom is -0.343 e. The van der Waals surface area contributed by atoms with Crippen molar-refractivity contribution in [3.8, 4) is 10.6 Å². The van der Waals surface area contributed by atoms with E-state index in [4.69, 9.17) is 0 Å². The van der Waals surface area contributed by atoms with E-state index >= 15 is 0 Å². The summed E-state index contributed by atoms with van der Waals surface area (Å²) in [5.41, 5.74) is 1.62. The SMILES string of the molecule is CCN(CC)C(=O)[C@@H]1CCCN(C(=O)c2cccc(-c3nccs3)c2)C1. The molecular weight excluding hydrogens is 346 g/mol. The Morgan fingerprint density at radius 3 is 2.81 bits per heavy atom. The fourth-order valence-corrected chi connectivity index (χ4v) is 4.13. The Morgan fingerprint density at radius 2 is 2.12 bits per heavy atom. The molecule has 1 aromatic carbocycles. The van der Waals surface area contributed by atoms with Crippen LogP contribution >= 0.6 is 11.3 Å². The van der Waals surface area contributed by atoms with Crippen molar-refractivity contribution < 1.29 is 9.59 Å². The molecule has 2 heterocycles. The molecule has 6 heteroatoms. The summed E-state index contributed by atoms with van der Waals surface area (Å²) < 4.78 is 0. The third-order valence-electron chi connectivity index (χ3n) is 4.92. The van der Waals surface area contributed by atoms with Crippen LogP contribution in [0.15, 0.2) is 35.8 Å². The zero-order valence-electron chi connectivity index (χ0n) is 15.4. The van der Waals surface area contributed by atoms with E-state index in [0.29, 0.717) is 18.7 Å². The zero-order valence-corrected chi connectivity index (χ0v) is 16.2. The molecule has 1 aliphatic heterocycles. The predicted octanol–water partition coefficient (Wildman–Crippen LogP) is 3.53. The van der Waals surface area contributed by atoms with Gasteiger partial charge in [-0.15, -0.1) is 11.3 Å². The number of rotatable bonds is 5. The first kappa shape index (κ1) is 18.6. The predicted molar refractivity (Wildman–Crippen MR) is 104 cm³/mol. The third kappa shape index (κ3) is 3.96. The van der Waals surface area contributed by atoms with Crippen LogP contribution in [0.4, 0.5) is 0 Å². The second-order valence-corrected chi connectivity index (χ2v) is 7.41. The summed E-state index contributed by atoms with van der Waals surface area (Å²) in [4.78, 5) is 33.6. The van der Waals surface area contributed by atoms with E-state index in [2.05, 4.69) is 4.98 Å². The molecule has 1 saturated heterocycles. The molecule has 1 atom stereocenters. The monoisotopic (exact) mass is 371 g/mol. The molecule has 2 aromatic rings. The van der Waals surface area contributed by atoms with Crippen molar-refractivity contribution >= 4 is 23.2 Å². The van der Waals surface area contributed by atoms with Crippen LogP contribution in [0, 0.1) is 5.92 Å². The van der Waals surface area contributed by atoms with Crippen LogP contribution in [-0.2, 0) is 4.79 Å². The second-order valence-electron chi connectivity index (χ2n) is 6.52. The highest BCUT2D eigenvalue weighted by atomic mass is 32.1. The van der Waals surface area contributed by atoms with Gasteiger partial charge in [-0.2, -0.15) is 0 Å². The number of carbonyl (C=O) groups excluding carboxylic acids is 2. The van der Waals surface area contributed by atoms with Crippen molar-refractivity contribution in [2.24, 2.45) is 5.92 Å². The standard InChI is InChI=1S/C20H25N3O2S/c1-3-22(4-2)20(25)17-9-6-11-23(14-17)19(24)16-8-5-7-15(13-16)18-21-10-12-26-18/h5,7-8,10,12-13,17H,3-4,6,9,11,14H2,1-2H3/t17-/m1/s1. The van der Waals surface area contributed by atoms with Crippen molar-refractivity contribution in [3.63, 3.8) is 0 Å². The quantitative estimate of drug-likeness (QED) is 0.808. The molecule has 1 aliphatic rings. The molecule has 1 fully saturated rings. The van der Waals surface area contributed by atoms with Gasteiger partial charge in [-0.25, -0.2) is 4.98 Å². The molecule has 5 nitrogen and oxygen atoms in total. The van der Waals surface area contributed by atoms with E-state index in [1.165, 1.54) is 0 Å². The van der Waals surface area contributed by atoms with Crippen molar-refractivity contribution in [2.45, 2.75) is 26.7 Å². The maximum Gasteiger partial charge on any atom is 0.253 e. The van der Waals surface area contributed by atoms with E-state index in [1.54, 1.807) is 17.5 Å². The Labute approximate surface area is 158 Å². The summed E-state index contributed by atoms with van der Waals surface area (Å²) in [5.74, 6) is 0.0826. The van der Waals surface area contributed by atoms with Gasteiger partial charge in [0, 0.05) is 48.9 Å². The van der Waals surface area contributed by atoms with Crippen molar-refractivity contribution in [1.29, 1.82) is 0 Å². The first-order valence-electron chi connectivity index (χ1n) is 9.22. The number of aromatic nitrogens is 1. The summed E-state index contributed by atoms with van der Waals surface area (Å²) in [6.45, 7) is 6.65. The second kappa shape index (κ2) is 8.45. The zero-order chi connectivity index (χ0) is 18.5. The molecule has 1 aromatic heterocycles. The number of nitrogens with zero attached hydrogens (tertiary/aromatic N) is 3. The summed E-state index contributed by atoms with van der Waals surface area (Å²) in [6.07, 6.45) is 3.50. The molecule has 138 valence electrons. The minimum atomic E-state index is -0.0882. The van der Waals surface area contributed by atoms with Gasteiger partial charge in [0.1, 0.15) is 5.01 Å². The largest absolute Gasteiger partial charge is 0.343 e. The fraction of sp³-hybridized carbons (Fsp3) is 0.450. The molecule has 0 spiro atoms. The molecule has 2 amide bonds. The Hall–Kier alpha value is -2.21. The van der Waals surface area contributed by atoms with Gasteiger partial charge >= 0.3 is 0 Å². The highest BCUT2D eigenvalue weighted by molar-refractivity contribution is 7.13. The van der Waals surface area contributed by atoms with Crippen molar-refractivity contribution in [2.75, 3.05) is 26.2 Å². The van der Waals surface area contributed by atoms with Crippen LogP contribution in [0.5, 0.6) is 0 Å². The summed E-state index contributed by atoms with van der Waals surface area (Å²) in [5, 5.41) is 2.84. The number of hydrogen-bond acceptors (Lipinski definition) is 4. The summed E-state index contributed by atoms with van der Waals surface area (Å²) in [6, 6.07) is 7.61. The molecule has 0 unspecified atom stereocenters. The van der Waals surface area contributed by atoms with Crippen molar-refractivity contribution in [3.05, 3.63) is 41.4 Å². The number of piperidine rings is 1. The van der Waals surface area contributed by atoms with Gasteiger partial charge in [0.25, 0.3) is 5.91 Å². The minimum absolute atomic E-state index is 0.000420. The first-order valence-corrected chi connectivity index (χ1v) is 10.1. The van der Waals surface area contributed by atoms with Crippen LogP contribution in [0.3, 0.4) is 0 Å². The Bertz CT molecular complexity index is 756. The first-order chi connectivity index (χ1) is 12.6. The van der Waals surface area contributed by atoms with E-state index in [9.17, 15) is 9.59 Å². The normalized spacial score (nSPS) is 17.2. The van der Waals surface area contributed by atoms with Gasteiger partial charge in [0.15, 0.2) is 0 Å². The highest BCUT2D eigenvalue weighted by Crippen LogP contribution is 2.25. The van der Waals surface area contributed by atoms with Crippen LogP contribution in [0.2, 0.25) is 0 Å². The van der Waals surface area contributed by atoms with Gasteiger partial charge in [0.05, 0.1) is 5.92 Å². The van der Waals surface area contributed by atoms with E-state index in [0.717, 1.165) is 36.5 Å². The van der Waals surface area contributed by atoms with Crippen LogP contribution in [-0.4, -0.2) is 52.8 Å². The van der Waals surface area contributed by atoms with Gasteiger partial charge in [-0.1, -0.05) is 12.1 Å². The van der Waals surface area contributed by atoms with Crippen LogP contribution < -0.4 is 0 Å². The lowest BCUT2D eigenvalue weighted by molar-refractivity contribution is -0.136. The lowest BCUT2D eigenvalue weighted by Crippen LogP contribution is -2.46. The topological polar surface area (TPSA) is 53.5 Å². The molecule has 0 radical (unpaired) electrons. The fourth-order valence-electron chi connectivity index (χ4n) is 3.49. The smallest absolute Gasteiger partial charge is 0.253 e. The lowest BCUT2D eigenvalue weighted by Gasteiger charge is -2.34. The maximum absolute atomic E-state index is 13.0. The van der Waals surface area contributed by atoms with E-state index < -0.39 is 0 Å². The highest BCUT2D eigenvalue weighted by Gasteiger charge is 2.30. The average Bonchev–Trinajstić information content (AvgIpc) is 3.23. The number of benzene rings is 1. The number of carbonyl (C=O) groups is 2. The molecule has 0 saturated carbocycles. The molecule has 0 N–H and O–H groups in total. The Morgan fingerprint density at radius 1 is 1.31 bits per heavy atom. The third-order valence-corrected chi connectivity index (χ3v) is 5.74. The molecule has 26 heavy (non-hydrogen) atoms. The van der Waals surface area contributed by atoms with Gasteiger partial charge in [0.2, 0.25) is 5.91 Å². The van der Waals surface area contributed by atoms with Gasteiger partial charge < -0.3 is 9.80 Å². The van der Waals surface area contributed by atoms with Crippen molar-refractivity contribution in [1.82, 2.24) is 14.8 Å². The molecule has 0 bridgehead atoms. The molecule has 0 aliphatic carbocycles. The van der Waals surface area contributed by atoms with E-state index in [1.807, 2.05) is 53.3 Å². The van der Waals surface area contributed by atoms with Gasteiger partial charge in [-0.3, -0.25) is 9.59 Å². The average molecular weight is 372 g/mol.